The number of halogens is 1. The number of carbonyl (C=O) groups excluding carboxylic acids is 1. The van der Waals surface area contributed by atoms with E-state index in [1.807, 2.05) is 0 Å². The van der Waals surface area contributed by atoms with Crippen molar-refractivity contribution in [3.63, 3.8) is 0 Å². The molecular weight excluding hydrogens is 180 g/mol. The molecular formula is C8H11ClO3. The minimum atomic E-state index is -0.601. The summed E-state index contributed by atoms with van der Waals surface area (Å²) in [6, 6.07) is 0. The van der Waals surface area contributed by atoms with E-state index in [9.17, 15) is 4.79 Å². The Bertz CT molecular complexity index is 202. The van der Waals surface area contributed by atoms with Gasteiger partial charge in [0.05, 0.1) is 12.0 Å². The molecule has 3 nitrogen and oxygen atoms in total. The van der Waals surface area contributed by atoms with Crippen LogP contribution in [-0.4, -0.2) is 24.2 Å². The standard InChI is InChI=1S/C8H11ClO3/c1-5(2)7(10)12-8-6(9)3-4-11-8/h6,8H,1,3-4H2,2H3. The zero-order chi connectivity index (χ0) is 9.14. The number of carbonyl (C=O) groups is 1. The molecule has 0 amide bonds. The fourth-order valence-corrected chi connectivity index (χ4v) is 1.06. The summed E-state index contributed by atoms with van der Waals surface area (Å²) in [5.41, 5.74) is 0.356. The summed E-state index contributed by atoms with van der Waals surface area (Å²) in [5.74, 6) is -0.451. The molecule has 0 spiro atoms. The lowest BCUT2D eigenvalue weighted by atomic mass is 10.3. The van der Waals surface area contributed by atoms with Gasteiger partial charge in [-0.15, -0.1) is 11.6 Å². The molecule has 0 saturated carbocycles. The fraction of sp³-hybridized carbons (Fsp3) is 0.625. The van der Waals surface area contributed by atoms with E-state index in [1.54, 1.807) is 6.92 Å². The molecule has 68 valence electrons. The number of rotatable bonds is 2. The first-order chi connectivity index (χ1) is 5.61. The number of ether oxygens (including phenoxy) is 2. The van der Waals surface area contributed by atoms with E-state index in [-0.39, 0.29) is 5.38 Å². The van der Waals surface area contributed by atoms with Crippen LogP contribution in [0.1, 0.15) is 13.3 Å². The van der Waals surface area contributed by atoms with E-state index in [0.29, 0.717) is 12.2 Å². The average molecular weight is 191 g/mol. The van der Waals surface area contributed by atoms with Gasteiger partial charge in [-0.25, -0.2) is 4.79 Å². The molecule has 0 aliphatic carbocycles. The van der Waals surface area contributed by atoms with Crippen molar-refractivity contribution in [3.05, 3.63) is 12.2 Å². The zero-order valence-corrected chi connectivity index (χ0v) is 7.63. The highest BCUT2D eigenvalue weighted by molar-refractivity contribution is 6.21. The first kappa shape index (κ1) is 9.55. The van der Waals surface area contributed by atoms with E-state index in [4.69, 9.17) is 21.1 Å². The summed E-state index contributed by atoms with van der Waals surface area (Å²) in [5, 5.41) is -0.228. The van der Waals surface area contributed by atoms with Gasteiger partial charge in [0.2, 0.25) is 6.29 Å². The van der Waals surface area contributed by atoms with Crippen LogP contribution >= 0.6 is 11.6 Å². The minimum Gasteiger partial charge on any atom is -0.431 e. The first-order valence-corrected chi connectivity index (χ1v) is 4.17. The maximum absolute atomic E-state index is 11.0. The van der Waals surface area contributed by atoms with Gasteiger partial charge in [0.15, 0.2) is 0 Å². The molecule has 4 heteroatoms. The summed E-state index contributed by atoms with van der Waals surface area (Å²) in [4.78, 5) is 11.0. The van der Waals surface area contributed by atoms with Gasteiger partial charge in [0.1, 0.15) is 0 Å². The summed E-state index contributed by atoms with van der Waals surface area (Å²) < 4.78 is 9.96. The Morgan fingerprint density at radius 2 is 2.42 bits per heavy atom. The third kappa shape index (κ3) is 2.22. The average Bonchev–Trinajstić information content (AvgIpc) is 2.36. The molecule has 2 unspecified atom stereocenters. The van der Waals surface area contributed by atoms with Crippen LogP contribution in [0, 0.1) is 0 Å². The highest BCUT2D eigenvalue weighted by Crippen LogP contribution is 2.20. The molecule has 1 fully saturated rings. The van der Waals surface area contributed by atoms with Gasteiger partial charge in [-0.05, 0) is 13.3 Å². The highest BCUT2D eigenvalue weighted by atomic mass is 35.5. The molecule has 0 radical (unpaired) electrons. The smallest absolute Gasteiger partial charge is 0.335 e. The van der Waals surface area contributed by atoms with Gasteiger partial charge >= 0.3 is 5.97 Å². The molecule has 0 aromatic heterocycles. The molecule has 1 saturated heterocycles. The second kappa shape index (κ2) is 3.92. The fourth-order valence-electron chi connectivity index (χ4n) is 0.851. The van der Waals surface area contributed by atoms with E-state index in [1.165, 1.54) is 0 Å². The van der Waals surface area contributed by atoms with Crippen LogP contribution in [0.5, 0.6) is 0 Å². The van der Waals surface area contributed by atoms with Gasteiger partial charge in [0, 0.05) is 5.57 Å². The van der Waals surface area contributed by atoms with Crippen LogP contribution in [-0.2, 0) is 14.3 Å². The SMILES string of the molecule is C=C(C)C(=O)OC1OCCC1Cl. The molecule has 1 rings (SSSR count). The van der Waals surface area contributed by atoms with Gasteiger partial charge < -0.3 is 9.47 Å². The molecule has 2 atom stereocenters. The zero-order valence-electron chi connectivity index (χ0n) is 6.88. The largest absolute Gasteiger partial charge is 0.431 e. The molecule has 12 heavy (non-hydrogen) atoms. The van der Waals surface area contributed by atoms with Gasteiger partial charge in [0.25, 0.3) is 0 Å². The third-order valence-corrected chi connectivity index (χ3v) is 1.97. The van der Waals surface area contributed by atoms with E-state index in [0.717, 1.165) is 6.42 Å². The van der Waals surface area contributed by atoms with E-state index in [2.05, 4.69) is 6.58 Å². The number of esters is 1. The first-order valence-electron chi connectivity index (χ1n) is 3.73. The van der Waals surface area contributed by atoms with Crippen molar-refractivity contribution in [3.8, 4) is 0 Å². The highest BCUT2D eigenvalue weighted by Gasteiger charge is 2.29. The van der Waals surface area contributed by atoms with Gasteiger partial charge in [-0.1, -0.05) is 6.58 Å². The van der Waals surface area contributed by atoms with Crippen LogP contribution in [0.3, 0.4) is 0 Å². The van der Waals surface area contributed by atoms with Crippen LogP contribution in [0.2, 0.25) is 0 Å². The molecule has 1 aliphatic rings. The summed E-state index contributed by atoms with van der Waals surface area (Å²) in [7, 11) is 0. The number of alkyl halides is 1. The molecule has 0 N–H and O–H groups in total. The number of hydrogen-bond donors (Lipinski definition) is 0. The van der Waals surface area contributed by atoms with E-state index >= 15 is 0 Å². The normalized spacial score (nSPS) is 28.5. The lowest BCUT2D eigenvalue weighted by Crippen LogP contribution is -2.24. The lowest BCUT2D eigenvalue weighted by molar-refractivity contribution is -0.164. The van der Waals surface area contributed by atoms with Crippen LogP contribution in [0.15, 0.2) is 12.2 Å². The predicted molar refractivity (Wildman–Crippen MR) is 44.9 cm³/mol. The minimum absolute atomic E-state index is 0.228. The Morgan fingerprint density at radius 3 is 2.83 bits per heavy atom. The van der Waals surface area contributed by atoms with Crippen molar-refractivity contribution in [1.82, 2.24) is 0 Å². The number of hydrogen-bond acceptors (Lipinski definition) is 3. The van der Waals surface area contributed by atoms with Crippen molar-refractivity contribution >= 4 is 17.6 Å². The third-order valence-electron chi connectivity index (χ3n) is 1.54. The van der Waals surface area contributed by atoms with E-state index < -0.39 is 12.3 Å². The molecule has 0 aromatic carbocycles. The summed E-state index contributed by atoms with van der Waals surface area (Å²) >= 11 is 5.80. The second-order valence-corrected chi connectivity index (χ2v) is 3.29. The molecule has 1 heterocycles. The Labute approximate surface area is 76.3 Å². The summed E-state index contributed by atoms with van der Waals surface area (Å²) in [6.45, 7) is 5.58. The van der Waals surface area contributed by atoms with Crippen molar-refractivity contribution in [2.24, 2.45) is 0 Å². The van der Waals surface area contributed by atoms with Gasteiger partial charge in [-0.2, -0.15) is 0 Å². The van der Waals surface area contributed by atoms with Crippen molar-refractivity contribution < 1.29 is 14.3 Å². The van der Waals surface area contributed by atoms with Crippen LogP contribution in [0.4, 0.5) is 0 Å². The van der Waals surface area contributed by atoms with Crippen molar-refractivity contribution in [2.45, 2.75) is 25.0 Å². The Hall–Kier alpha value is -0.540. The predicted octanol–water partition coefficient (Wildman–Crippen LogP) is 1.46. The molecule has 1 aliphatic heterocycles. The monoisotopic (exact) mass is 190 g/mol. The second-order valence-electron chi connectivity index (χ2n) is 2.73. The molecule has 0 bridgehead atoms. The van der Waals surface area contributed by atoms with Crippen molar-refractivity contribution in [2.75, 3.05) is 6.61 Å². The van der Waals surface area contributed by atoms with Crippen molar-refractivity contribution in [1.29, 1.82) is 0 Å². The molecule has 0 aromatic rings. The Morgan fingerprint density at radius 1 is 1.75 bits per heavy atom. The quantitative estimate of drug-likeness (QED) is 0.376. The maximum atomic E-state index is 11.0. The summed E-state index contributed by atoms with van der Waals surface area (Å²) in [6.07, 6.45) is 0.117. The Balaban J connectivity index is 2.40. The van der Waals surface area contributed by atoms with Crippen LogP contribution < -0.4 is 0 Å². The topological polar surface area (TPSA) is 35.5 Å². The lowest BCUT2D eigenvalue weighted by Gasteiger charge is -2.13. The van der Waals surface area contributed by atoms with Crippen LogP contribution in [0.25, 0.3) is 0 Å². The van der Waals surface area contributed by atoms with Gasteiger partial charge in [-0.3, -0.25) is 0 Å². The maximum Gasteiger partial charge on any atom is 0.335 e. The Kier molecular flexibility index (Phi) is 3.12.